The van der Waals surface area contributed by atoms with Gasteiger partial charge in [-0.2, -0.15) is 0 Å². The highest BCUT2D eigenvalue weighted by molar-refractivity contribution is 5.85. The molecule has 31 heavy (non-hydrogen) atoms. The number of nitrogens with zero attached hydrogens (tertiary/aromatic N) is 1. The van der Waals surface area contributed by atoms with E-state index < -0.39 is 5.67 Å². The molecule has 1 radical (unpaired) electrons. The van der Waals surface area contributed by atoms with Gasteiger partial charge in [0, 0.05) is 34.7 Å². The minimum atomic E-state index is -1.33. The summed E-state index contributed by atoms with van der Waals surface area (Å²) in [6.45, 7) is 6.88. The summed E-state index contributed by atoms with van der Waals surface area (Å²) in [4.78, 5) is 5.88. The third kappa shape index (κ3) is 3.48. The molecule has 2 aliphatic rings. The Bertz CT molecular complexity index is 1090. The topological polar surface area (TPSA) is 46.7 Å². The lowest BCUT2D eigenvalue weighted by atomic mass is 9.86. The normalized spacial score (nSPS) is 22.7. The number of H-pyrrole nitrogens is 1. The standard InChI is InChI=1S/C25H28FN2O3/c1-4-31-17-9-10-22(29-3)20(12-17)24-23-19(18-7-5-6-8-21(18)27-23)11-16(2)28(24)13-25(26)14-30-15-25/h5-10,12,16,24,27H,1,4,11,13-15H2,2-3H3/t16-,24-/m1/s1. The lowest BCUT2D eigenvalue weighted by molar-refractivity contribution is -0.147. The van der Waals surface area contributed by atoms with E-state index >= 15 is 4.39 Å². The van der Waals surface area contributed by atoms with Crippen LogP contribution in [0.4, 0.5) is 4.39 Å². The number of hydrogen-bond donors (Lipinski definition) is 1. The second-order valence-electron chi connectivity index (χ2n) is 8.59. The summed E-state index contributed by atoms with van der Waals surface area (Å²) in [5, 5.41) is 1.22. The smallest absolute Gasteiger partial charge is 0.169 e. The minimum Gasteiger partial charge on any atom is -0.496 e. The van der Waals surface area contributed by atoms with E-state index in [0.29, 0.717) is 13.2 Å². The summed E-state index contributed by atoms with van der Waals surface area (Å²) in [6.07, 6.45) is 0.851. The first-order valence-corrected chi connectivity index (χ1v) is 10.7. The van der Waals surface area contributed by atoms with Gasteiger partial charge in [0.15, 0.2) is 5.67 Å². The van der Waals surface area contributed by atoms with E-state index in [2.05, 4.69) is 41.9 Å². The third-order valence-corrected chi connectivity index (χ3v) is 6.47. The first-order chi connectivity index (χ1) is 15.0. The number of aromatic amines is 1. The number of rotatable bonds is 6. The quantitative estimate of drug-likeness (QED) is 0.636. The lowest BCUT2D eigenvalue weighted by Gasteiger charge is -2.46. The van der Waals surface area contributed by atoms with Crippen molar-refractivity contribution in [1.82, 2.24) is 9.88 Å². The highest BCUT2D eigenvalue weighted by Gasteiger charge is 2.46. The van der Waals surface area contributed by atoms with Crippen LogP contribution in [0, 0.1) is 6.92 Å². The van der Waals surface area contributed by atoms with Gasteiger partial charge in [-0.15, -0.1) is 0 Å². The zero-order valence-electron chi connectivity index (χ0n) is 18.0. The number of ether oxygens (including phenoxy) is 3. The van der Waals surface area contributed by atoms with Gasteiger partial charge in [-0.25, -0.2) is 4.39 Å². The van der Waals surface area contributed by atoms with Crippen molar-refractivity contribution in [2.75, 3.05) is 33.5 Å². The van der Waals surface area contributed by atoms with E-state index in [1.165, 1.54) is 10.9 Å². The van der Waals surface area contributed by atoms with E-state index in [1.807, 2.05) is 24.3 Å². The largest absolute Gasteiger partial charge is 0.496 e. The number of aromatic nitrogens is 1. The first-order valence-electron chi connectivity index (χ1n) is 10.7. The highest BCUT2D eigenvalue weighted by Crippen LogP contribution is 2.45. The molecule has 1 N–H and O–H groups in total. The maximum absolute atomic E-state index is 15.3. The molecule has 0 aliphatic carbocycles. The molecule has 1 fully saturated rings. The van der Waals surface area contributed by atoms with Crippen molar-refractivity contribution in [1.29, 1.82) is 0 Å². The minimum absolute atomic E-state index is 0.143. The van der Waals surface area contributed by atoms with Gasteiger partial charge in [0.05, 0.1) is 33.0 Å². The Labute approximate surface area is 182 Å². The number of nitrogens with one attached hydrogen (secondary N) is 1. The van der Waals surface area contributed by atoms with Crippen LogP contribution in [0.15, 0.2) is 42.5 Å². The average molecular weight is 424 g/mol. The molecular formula is C25H28FN2O3. The van der Waals surface area contributed by atoms with Crippen LogP contribution in [0.5, 0.6) is 11.5 Å². The van der Waals surface area contributed by atoms with Crippen LogP contribution in [0.3, 0.4) is 0 Å². The Morgan fingerprint density at radius 3 is 2.77 bits per heavy atom. The second-order valence-corrected chi connectivity index (χ2v) is 8.59. The summed E-state index contributed by atoms with van der Waals surface area (Å²) in [5.74, 6) is 1.48. The molecular weight excluding hydrogens is 395 g/mol. The van der Waals surface area contributed by atoms with Crippen LogP contribution in [0.25, 0.3) is 10.9 Å². The van der Waals surface area contributed by atoms with Crippen LogP contribution in [0.2, 0.25) is 0 Å². The fraction of sp³-hybridized carbons (Fsp3) is 0.400. The molecule has 0 amide bonds. The highest BCUT2D eigenvalue weighted by atomic mass is 19.1. The number of fused-ring (bicyclic) bond motifs is 3. The molecule has 2 aromatic carbocycles. The Kier molecular flexibility index (Phi) is 5.15. The van der Waals surface area contributed by atoms with Gasteiger partial charge in [-0.3, -0.25) is 4.90 Å². The fourth-order valence-corrected chi connectivity index (χ4v) is 4.96. The number of benzene rings is 2. The molecule has 0 saturated carbocycles. The molecule has 3 heterocycles. The van der Waals surface area contributed by atoms with Gasteiger partial charge in [0.2, 0.25) is 0 Å². The van der Waals surface area contributed by atoms with Crippen molar-refractivity contribution < 1.29 is 18.6 Å². The van der Waals surface area contributed by atoms with E-state index in [9.17, 15) is 0 Å². The third-order valence-electron chi connectivity index (χ3n) is 6.47. The van der Waals surface area contributed by atoms with Gasteiger partial charge in [-0.05, 0) is 50.1 Å². The second kappa shape index (κ2) is 7.84. The number of alkyl halides is 1. The summed E-state index contributed by atoms with van der Waals surface area (Å²) >= 11 is 0. The average Bonchev–Trinajstić information content (AvgIpc) is 3.11. The lowest BCUT2D eigenvalue weighted by Crippen LogP contribution is -2.57. The summed E-state index contributed by atoms with van der Waals surface area (Å²) in [7, 11) is 1.67. The first kappa shape index (κ1) is 20.3. The number of halogens is 1. The molecule has 2 aliphatic heterocycles. The fourth-order valence-electron chi connectivity index (χ4n) is 4.96. The number of hydrogen-bond acceptors (Lipinski definition) is 4. The van der Waals surface area contributed by atoms with Crippen LogP contribution in [-0.2, 0) is 11.2 Å². The predicted octanol–water partition coefficient (Wildman–Crippen LogP) is 4.46. The van der Waals surface area contributed by atoms with Gasteiger partial charge in [0.25, 0.3) is 0 Å². The van der Waals surface area contributed by atoms with Crippen LogP contribution in [0.1, 0.15) is 29.8 Å². The van der Waals surface area contributed by atoms with E-state index in [4.69, 9.17) is 14.2 Å². The summed E-state index contributed by atoms with van der Waals surface area (Å²) < 4.78 is 31.9. The Morgan fingerprint density at radius 1 is 1.26 bits per heavy atom. The molecule has 6 heteroatoms. The van der Waals surface area contributed by atoms with Gasteiger partial charge >= 0.3 is 0 Å². The van der Waals surface area contributed by atoms with E-state index in [1.54, 1.807) is 7.11 Å². The van der Waals surface area contributed by atoms with Gasteiger partial charge in [-0.1, -0.05) is 18.2 Å². The van der Waals surface area contributed by atoms with Crippen molar-refractivity contribution in [3.05, 3.63) is 66.2 Å². The van der Waals surface area contributed by atoms with Crippen LogP contribution < -0.4 is 9.47 Å². The predicted molar refractivity (Wildman–Crippen MR) is 119 cm³/mol. The molecule has 2 atom stereocenters. The van der Waals surface area contributed by atoms with E-state index in [-0.39, 0.29) is 25.3 Å². The maximum atomic E-state index is 15.3. The Balaban J connectivity index is 1.69. The van der Waals surface area contributed by atoms with Crippen molar-refractivity contribution in [3.63, 3.8) is 0 Å². The molecule has 0 unspecified atom stereocenters. The molecule has 3 aromatic rings. The molecule has 1 saturated heterocycles. The van der Waals surface area contributed by atoms with Crippen molar-refractivity contribution in [2.45, 2.75) is 31.1 Å². The molecule has 1 aromatic heterocycles. The molecule has 163 valence electrons. The van der Waals surface area contributed by atoms with E-state index in [0.717, 1.165) is 34.7 Å². The zero-order chi connectivity index (χ0) is 21.6. The summed E-state index contributed by atoms with van der Waals surface area (Å²) in [5.41, 5.74) is 3.10. The molecule has 0 spiro atoms. The van der Waals surface area contributed by atoms with Crippen LogP contribution in [-0.4, -0.2) is 55.1 Å². The molecule has 5 rings (SSSR count). The zero-order valence-corrected chi connectivity index (χ0v) is 18.0. The number of para-hydroxylation sites is 1. The van der Waals surface area contributed by atoms with Crippen molar-refractivity contribution in [3.8, 4) is 11.5 Å². The number of methoxy groups -OCH3 is 1. The van der Waals surface area contributed by atoms with Gasteiger partial charge in [0.1, 0.15) is 11.5 Å². The molecule has 0 bridgehead atoms. The maximum Gasteiger partial charge on any atom is 0.169 e. The Hall–Kier alpha value is -2.57. The van der Waals surface area contributed by atoms with Gasteiger partial charge < -0.3 is 19.2 Å². The van der Waals surface area contributed by atoms with Crippen molar-refractivity contribution in [2.24, 2.45) is 0 Å². The summed E-state index contributed by atoms with van der Waals surface area (Å²) in [6, 6.07) is 14.1. The van der Waals surface area contributed by atoms with Crippen LogP contribution >= 0.6 is 0 Å². The molecule has 5 nitrogen and oxygen atoms in total. The SMILES string of the molecule is [CH2]COc1ccc(OC)c([C@@H]2c3[nH]c4ccccc4c3C[C@@H](C)N2CC2(F)COC2)c1. The Morgan fingerprint density at radius 2 is 2.06 bits per heavy atom. The monoisotopic (exact) mass is 423 g/mol. The van der Waals surface area contributed by atoms with Crippen molar-refractivity contribution >= 4 is 10.9 Å².